The largest absolute Gasteiger partial charge is 0.480 e. The lowest BCUT2D eigenvalue weighted by molar-refractivity contribution is -0.140. The highest BCUT2D eigenvalue weighted by molar-refractivity contribution is 7.25. The van der Waals surface area contributed by atoms with E-state index in [0.29, 0.717) is 0 Å². The van der Waals surface area contributed by atoms with E-state index < -0.39 is 38.6 Å². The lowest BCUT2D eigenvalue weighted by atomic mass is 9.98. The molecule has 2 N–H and O–H groups in total. The zero-order valence-electron chi connectivity index (χ0n) is 14.5. The third-order valence-corrected chi connectivity index (χ3v) is 4.97. The molecule has 1 aliphatic carbocycles. The molecule has 2 aromatic rings. The summed E-state index contributed by atoms with van der Waals surface area (Å²) in [4.78, 5) is 23.1. The minimum Gasteiger partial charge on any atom is -0.480 e. The minimum absolute atomic E-state index is 0.0810. The van der Waals surface area contributed by atoms with Gasteiger partial charge in [-0.1, -0.05) is 48.5 Å². The van der Waals surface area contributed by atoms with E-state index in [1.165, 1.54) is 0 Å². The highest BCUT2D eigenvalue weighted by atomic mass is 31.1. The average Bonchev–Trinajstić information content (AvgIpc) is 2.99. The number of alkyl carbamates (subject to hydrolysis) is 1. The van der Waals surface area contributed by atoms with Crippen molar-refractivity contribution in [1.82, 2.24) is 5.32 Å². The first-order chi connectivity index (χ1) is 13.3. The molecule has 0 fully saturated rings. The molecular weight excluding hydrogens is 391 g/mol. The van der Waals surface area contributed by atoms with E-state index in [1.54, 1.807) is 0 Å². The molecule has 0 bridgehead atoms. The van der Waals surface area contributed by atoms with Gasteiger partial charge in [0.15, 0.2) is 0 Å². The summed E-state index contributed by atoms with van der Waals surface area (Å²) in [6.45, 7) is -0.0810. The van der Waals surface area contributed by atoms with E-state index in [9.17, 15) is 22.9 Å². The lowest BCUT2D eigenvalue weighted by Crippen LogP contribution is -2.43. The summed E-state index contributed by atoms with van der Waals surface area (Å²) in [7, 11) is -1.51. The van der Waals surface area contributed by atoms with Gasteiger partial charge in [-0.25, -0.2) is 9.59 Å². The fraction of sp³-hybridized carbons (Fsp3) is 0.263. The fourth-order valence-corrected chi connectivity index (χ4v) is 3.52. The number of carbonyl (C=O) groups is 2. The van der Waals surface area contributed by atoms with Crippen molar-refractivity contribution in [2.24, 2.45) is 0 Å². The van der Waals surface area contributed by atoms with Crippen molar-refractivity contribution in [2.45, 2.75) is 24.0 Å². The number of nitrogens with one attached hydrogen (secondary N) is 1. The molecule has 0 saturated heterocycles. The third kappa shape index (κ3) is 4.17. The summed E-state index contributed by atoms with van der Waals surface area (Å²) in [5.74, 6) is -1.92. The van der Waals surface area contributed by atoms with Gasteiger partial charge >= 0.3 is 17.7 Å². The summed E-state index contributed by atoms with van der Waals surface area (Å²) >= 11 is 0. The number of ether oxygens (including phenoxy) is 1. The number of fused-ring (bicyclic) bond motifs is 3. The predicted octanol–water partition coefficient (Wildman–Crippen LogP) is 4.25. The molecule has 1 aliphatic rings. The SMILES string of the molecule is O=PC(F)(F)C[C@@H](NC(=O)OCC1c2ccccc2-c2ccccc21)C(=O)O. The van der Waals surface area contributed by atoms with Gasteiger partial charge in [0, 0.05) is 5.92 Å². The minimum atomic E-state index is -3.76. The van der Waals surface area contributed by atoms with E-state index >= 15 is 0 Å². The number of benzene rings is 2. The van der Waals surface area contributed by atoms with Crippen LogP contribution in [0.4, 0.5) is 13.6 Å². The van der Waals surface area contributed by atoms with E-state index in [2.05, 4.69) is 0 Å². The smallest absolute Gasteiger partial charge is 0.407 e. The molecule has 0 saturated carbocycles. The van der Waals surface area contributed by atoms with Gasteiger partial charge in [0.2, 0.25) is 8.46 Å². The number of amides is 1. The lowest BCUT2D eigenvalue weighted by Gasteiger charge is -2.18. The van der Waals surface area contributed by atoms with E-state index in [1.807, 2.05) is 53.8 Å². The van der Waals surface area contributed by atoms with Crippen LogP contribution >= 0.6 is 8.46 Å². The number of aliphatic carboxylic acids is 1. The molecule has 0 radical (unpaired) electrons. The van der Waals surface area contributed by atoms with Crippen LogP contribution in [0.25, 0.3) is 11.1 Å². The maximum atomic E-state index is 13.2. The van der Waals surface area contributed by atoms with Gasteiger partial charge in [-0.2, -0.15) is 8.78 Å². The predicted molar refractivity (Wildman–Crippen MR) is 96.8 cm³/mol. The normalized spacial score (nSPS) is 14.2. The number of hydrogen-bond donors (Lipinski definition) is 2. The van der Waals surface area contributed by atoms with Crippen molar-refractivity contribution >= 4 is 20.5 Å². The number of rotatable bonds is 7. The Morgan fingerprint density at radius 1 is 1.11 bits per heavy atom. The Balaban J connectivity index is 1.69. The first kappa shape index (κ1) is 19.9. The Kier molecular flexibility index (Phi) is 5.70. The van der Waals surface area contributed by atoms with Crippen LogP contribution in [-0.4, -0.2) is 35.5 Å². The zero-order valence-corrected chi connectivity index (χ0v) is 15.4. The molecule has 1 amide bonds. The summed E-state index contributed by atoms with van der Waals surface area (Å²) in [6, 6.07) is 13.3. The number of halogens is 2. The van der Waals surface area contributed by atoms with Crippen LogP contribution in [0.2, 0.25) is 0 Å². The summed E-state index contributed by atoms with van der Waals surface area (Å²) in [5.41, 5.74) is 0.194. The number of hydrogen-bond acceptors (Lipinski definition) is 4. The zero-order chi connectivity index (χ0) is 20.3. The van der Waals surface area contributed by atoms with Crippen LogP contribution in [0.5, 0.6) is 0 Å². The average molecular weight is 407 g/mol. The number of carboxylic acid groups (broad SMARTS) is 1. The standard InChI is InChI=1S/C19H16F2NO5P/c20-19(21,28-26)9-16(17(23)24)22-18(25)27-10-15-13-7-3-1-5-11(13)12-6-2-4-8-14(12)15/h1-8,15-16H,9-10H2,(H,22,25)(H,23,24)/t16-/m1/s1. The van der Waals surface area contributed by atoms with Gasteiger partial charge in [-0.05, 0) is 22.3 Å². The fourth-order valence-electron chi connectivity index (χ4n) is 3.27. The topological polar surface area (TPSA) is 92.7 Å². The molecule has 6 nitrogen and oxygen atoms in total. The van der Waals surface area contributed by atoms with E-state index in [0.717, 1.165) is 22.3 Å². The van der Waals surface area contributed by atoms with Crippen LogP contribution in [0.1, 0.15) is 23.5 Å². The Morgan fingerprint density at radius 2 is 1.64 bits per heavy atom. The number of carbonyl (C=O) groups excluding carboxylic acids is 1. The molecule has 28 heavy (non-hydrogen) atoms. The van der Waals surface area contributed by atoms with Crippen molar-refractivity contribution in [1.29, 1.82) is 0 Å². The number of carboxylic acids is 1. The number of alkyl halides is 2. The van der Waals surface area contributed by atoms with Gasteiger partial charge in [-0.3, -0.25) is 4.57 Å². The maximum absolute atomic E-state index is 13.2. The Hall–Kier alpha value is -2.86. The molecule has 9 heteroatoms. The molecular formula is C19H16F2NO5P. The van der Waals surface area contributed by atoms with Crippen LogP contribution < -0.4 is 5.32 Å². The highest BCUT2D eigenvalue weighted by Crippen LogP contribution is 2.44. The molecule has 0 unspecified atom stereocenters. The molecule has 1 atom stereocenters. The van der Waals surface area contributed by atoms with Crippen molar-refractivity contribution in [3.63, 3.8) is 0 Å². The van der Waals surface area contributed by atoms with Gasteiger partial charge in [0.25, 0.3) is 0 Å². The van der Waals surface area contributed by atoms with Crippen molar-refractivity contribution in [3.05, 3.63) is 59.7 Å². The second-order valence-electron chi connectivity index (χ2n) is 6.32. The monoisotopic (exact) mass is 407 g/mol. The van der Waals surface area contributed by atoms with Crippen molar-refractivity contribution < 1.29 is 32.8 Å². The van der Waals surface area contributed by atoms with Gasteiger partial charge in [-0.15, -0.1) is 0 Å². The van der Waals surface area contributed by atoms with Crippen LogP contribution in [0.15, 0.2) is 48.5 Å². The molecule has 0 spiro atoms. The second-order valence-corrected chi connectivity index (χ2v) is 7.16. The van der Waals surface area contributed by atoms with E-state index in [4.69, 9.17) is 9.84 Å². The van der Waals surface area contributed by atoms with Gasteiger partial charge < -0.3 is 15.2 Å². The molecule has 3 rings (SSSR count). The van der Waals surface area contributed by atoms with Crippen molar-refractivity contribution in [2.75, 3.05) is 6.61 Å². The molecule has 0 aliphatic heterocycles. The van der Waals surface area contributed by atoms with Crippen molar-refractivity contribution in [3.8, 4) is 11.1 Å². The van der Waals surface area contributed by atoms with Gasteiger partial charge in [0.05, 0.1) is 6.42 Å². The van der Waals surface area contributed by atoms with Crippen LogP contribution in [-0.2, 0) is 14.1 Å². The quantitative estimate of drug-likeness (QED) is 0.670. The Bertz CT molecular complexity index is 875. The van der Waals surface area contributed by atoms with Crippen LogP contribution in [0, 0.1) is 0 Å². The highest BCUT2D eigenvalue weighted by Gasteiger charge is 2.38. The molecule has 0 heterocycles. The molecule has 146 valence electrons. The summed E-state index contributed by atoms with van der Waals surface area (Å²) in [5, 5.41) is 10.9. The Morgan fingerprint density at radius 3 is 2.14 bits per heavy atom. The van der Waals surface area contributed by atoms with Gasteiger partial charge in [0.1, 0.15) is 12.6 Å². The maximum Gasteiger partial charge on any atom is 0.407 e. The van der Waals surface area contributed by atoms with E-state index in [-0.39, 0.29) is 12.5 Å². The first-order valence-electron chi connectivity index (χ1n) is 8.39. The molecule has 2 aromatic carbocycles. The summed E-state index contributed by atoms with van der Waals surface area (Å²) in [6.07, 6.45) is -2.44. The second kappa shape index (κ2) is 8.02. The third-order valence-electron chi connectivity index (χ3n) is 4.52. The Labute approximate surface area is 160 Å². The first-order valence-corrected chi connectivity index (χ1v) is 9.20. The molecule has 0 aromatic heterocycles. The van der Waals surface area contributed by atoms with Crippen LogP contribution in [0.3, 0.4) is 0 Å². The summed E-state index contributed by atoms with van der Waals surface area (Å²) < 4.78 is 41.9.